The summed E-state index contributed by atoms with van der Waals surface area (Å²) in [5.74, 6) is 0.570. The molecule has 2 heterocycles. The lowest BCUT2D eigenvalue weighted by Gasteiger charge is -2.16. The molecule has 0 radical (unpaired) electrons. The minimum atomic E-state index is -0.0673. The van der Waals surface area contributed by atoms with Crippen LogP contribution in [0.4, 0.5) is 11.6 Å². The van der Waals surface area contributed by atoms with E-state index in [0.29, 0.717) is 28.9 Å². The van der Waals surface area contributed by atoms with E-state index < -0.39 is 0 Å². The van der Waals surface area contributed by atoms with E-state index in [1.165, 1.54) is 18.5 Å². The van der Waals surface area contributed by atoms with Crippen molar-refractivity contribution < 1.29 is 5.11 Å². The summed E-state index contributed by atoms with van der Waals surface area (Å²) in [5.41, 5.74) is 8.58. The van der Waals surface area contributed by atoms with E-state index >= 15 is 0 Å². The zero-order valence-corrected chi connectivity index (χ0v) is 17.2. The highest BCUT2D eigenvalue weighted by molar-refractivity contribution is 6.16. The third-order valence-corrected chi connectivity index (χ3v) is 5.27. The standard InChI is InChI=1S/C23H22N6O2/c1-13-5-3-6-14-9-16(29(2)23(31)18(13)14)11-26-22-19(21(25)27-12-28-22)20(24)15-7-4-8-17(30)10-15/h3-10,12,24,30H,11H2,1-2H3,(H3,25,26,27,28). The zero-order valence-electron chi connectivity index (χ0n) is 17.2. The largest absolute Gasteiger partial charge is 0.508 e. The van der Waals surface area contributed by atoms with E-state index in [9.17, 15) is 9.90 Å². The lowest BCUT2D eigenvalue weighted by atomic mass is 10.0. The summed E-state index contributed by atoms with van der Waals surface area (Å²) in [6, 6.07) is 14.1. The van der Waals surface area contributed by atoms with Gasteiger partial charge in [-0.3, -0.25) is 10.2 Å². The molecular formula is C23H22N6O2. The first kappa shape index (κ1) is 20.1. The maximum Gasteiger partial charge on any atom is 0.258 e. The van der Waals surface area contributed by atoms with E-state index in [-0.39, 0.29) is 22.8 Å². The maximum absolute atomic E-state index is 12.9. The van der Waals surface area contributed by atoms with Gasteiger partial charge in [0, 0.05) is 18.3 Å². The molecule has 8 heteroatoms. The summed E-state index contributed by atoms with van der Waals surface area (Å²) in [6.45, 7) is 2.22. The molecule has 0 bridgehead atoms. The number of aromatic hydroxyl groups is 1. The van der Waals surface area contributed by atoms with Crippen LogP contribution in [-0.4, -0.2) is 25.4 Å². The highest BCUT2D eigenvalue weighted by Gasteiger charge is 2.17. The van der Waals surface area contributed by atoms with E-state index in [1.54, 1.807) is 23.7 Å². The fourth-order valence-corrected chi connectivity index (χ4v) is 3.61. The van der Waals surface area contributed by atoms with Crippen molar-refractivity contribution >= 4 is 28.1 Å². The van der Waals surface area contributed by atoms with E-state index in [2.05, 4.69) is 15.3 Å². The number of fused-ring (bicyclic) bond motifs is 1. The van der Waals surface area contributed by atoms with Gasteiger partial charge in [-0.15, -0.1) is 0 Å². The molecule has 2 aromatic carbocycles. The summed E-state index contributed by atoms with van der Waals surface area (Å²) >= 11 is 0. The summed E-state index contributed by atoms with van der Waals surface area (Å²) in [7, 11) is 1.73. The lowest BCUT2D eigenvalue weighted by molar-refractivity contribution is 0.475. The summed E-state index contributed by atoms with van der Waals surface area (Å²) in [5, 5.41) is 23.1. The summed E-state index contributed by atoms with van der Waals surface area (Å²) in [6.07, 6.45) is 1.32. The van der Waals surface area contributed by atoms with Gasteiger partial charge in [-0.05, 0) is 36.1 Å². The Morgan fingerprint density at radius 3 is 2.74 bits per heavy atom. The fourth-order valence-electron chi connectivity index (χ4n) is 3.61. The average Bonchev–Trinajstić information content (AvgIpc) is 2.75. The van der Waals surface area contributed by atoms with Gasteiger partial charge in [-0.1, -0.05) is 30.3 Å². The van der Waals surface area contributed by atoms with Gasteiger partial charge >= 0.3 is 0 Å². The molecule has 0 fully saturated rings. The van der Waals surface area contributed by atoms with E-state index in [4.69, 9.17) is 11.1 Å². The minimum absolute atomic E-state index is 0.0497. The Bertz CT molecular complexity index is 1380. The first-order valence-electron chi connectivity index (χ1n) is 9.67. The number of nitrogens with one attached hydrogen (secondary N) is 2. The number of hydrogen-bond acceptors (Lipinski definition) is 7. The Labute approximate surface area is 178 Å². The predicted octanol–water partition coefficient (Wildman–Crippen LogP) is 2.95. The molecule has 2 aromatic heterocycles. The van der Waals surface area contributed by atoms with Crippen molar-refractivity contribution in [1.82, 2.24) is 14.5 Å². The quantitative estimate of drug-likeness (QED) is 0.372. The molecule has 0 unspecified atom stereocenters. The molecule has 4 aromatic rings. The molecule has 0 aliphatic rings. The van der Waals surface area contributed by atoms with Gasteiger partial charge in [-0.2, -0.15) is 0 Å². The second-order valence-electron chi connectivity index (χ2n) is 7.30. The monoisotopic (exact) mass is 414 g/mol. The molecule has 0 amide bonds. The molecule has 0 atom stereocenters. The van der Waals surface area contributed by atoms with Crippen LogP contribution in [0, 0.1) is 12.3 Å². The second-order valence-corrected chi connectivity index (χ2v) is 7.30. The number of benzene rings is 2. The SMILES string of the molecule is Cc1cccc2cc(CNc3ncnc(N)c3C(=N)c3cccc(O)c3)n(C)c(=O)c12. The second kappa shape index (κ2) is 7.91. The molecule has 4 rings (SSSR count). The first-order valence-corrected chi connectivity index (χ1v) is 9.67. The zero-order chi connectivity index (χ0) is 22.1. The van der Waals surface area contributed by atoms with Crippen LogP contribution in [0.25, 0.3) is 10.8 Å². The fraction of sp³-hybridized carbons (Fsp3) is 0.130. The number of rotatable bonds is 5. The molecule has 0 spiro atoms. The van der Waals surface area contributed by atoms with Crippen LogP contribution in [0.2, 0.25) is 0 Å². The number of phenolic OH excluding ortho intramolecular Hbond substituents is 1. The van der Waals surface area contributed by atoms with Gasteiger partial charge in [0.2, 0.25) is 0 Å². The number of aromatic nitrogens is 3. The predicted molar refractivity (Wildman–Crippen MR) is 122 cm³/mol. The third kappa shape index (κ3) is 3.71. The Morgan fingerprint density at radius 1 is 1.19 bits per heavy atom. The highest BCUT2D eigenvalue weighted by Crippen LogP contribution is 2.24. The van der Waals surface area contributed by atoms with Gasteiger partial charge in [0.25, 0.3) is 5.56 Å². The number of anilines is 2. The molecule has 0 aliphatic carbocycles. The van der Waals surface area contributed by atoms with E-state index in [1.807, 2.05) is 31.2 Å². The molecule has 0 saturated carbocycles. The molecule has 0 saturated heterocycles. The van der Waals surface area contributed by atoms with Gasteiger partial charge in [-0.25, -0.2) is 9.97 Å². The van der Waals surface area contributed by atoms with Crippen molar-refractivity contribution in [2.45, 2.75) is 13.5 Å². The lowest BCUT2D eigenvalue weighted by Crippen LogP contribution is -2.23. The minimum Gasteiger partial charge on any atom is -0.508 e. The van der Waals surface area contributed by atoms with Gasteiger partial charge < -0.3 is 20.7 Å². The van der Waals surface area contributed by atoms with Crippen molar-refractivity contribution in [1.29, 1.82) is 5.41 Å². The molecule has 5 N–H and O–H groups in total. The topological polar surface area (TPSA) is 130 Å². The maximum atomic E-state index is 12.9. The van der Waals surface area contributed by atoms with Crippen molar-refractivity contribution in [3.05, 3.63) is 87.6 Å². The molecular weight excluding hydrogens is 392 g/mol. The van der Waals surface area contributed by atoms with Crippen LogP contribution in [0.1, 0.15) is 22.4 Å². The van der Waals surface area contributed by atoms with Gasteiger partial charge in [0.15, 0.2) is 0 Å². The Balaban J connectivity index is 1.70. The van der Waals surface area contributed by atoms with Crippen molar-refractivity contribution in [3.8, 4) is 5.75 Å². The van der Waals surface area contributed by atoms with Crippen LogP contribution < -0.4 is 16.6 Å². The number of nitrogens with zero attached hydrogens (tertiary/aromatic N) is 3. The van der Waals surface area contributed by atoms with Crippen LogP contribution >= 0.6 is 0 Å². The van der Waals surface area contributed by atoms with Gasteiger partial charge in [0.05, 0.1) is 23.2 Å². The van der Waals surface area contributed by atoms with Gasteiger partial charge in [0.1, 0.15) is 23.7 Å². The highest BCUT2D eigenvalue weighted by atomic mass is 16.3. The number of phenols is 1. The average molecular weight is 414 g/mol. The normalized spacial score (nSPS) is 10.9. The number of pyridine rings is 1. The molecule has 31 heavy (non-hydrogen) atoms. The number of nitrogen functional groups attached to an aromatic ring is 1. The van der Waals surface area contributed by atoms with Crippen molar-refractivity contribution in [3.63, 3.8) is 0 Å². The van der Waals surface area contributed by atoms with Crippen LogP contribution in [-0.2, 0) is 13.6 Å². The molecule has 156 valence electrons. The Kier molecular flexibility index (Phi) is 5.12. The third-order valence-electron chi connectivity index (χ3n) is 5.27. The van der Waals surface area contributed by atoms with Crippen LogP contribution in [0.3, 0.4) is 0 Å². The van der Waals surface area contributed by atoms with Crippen LogP contribution in [0.15, 0.2) is 59.7 Å². The Morgan fingerprint density at radius 2 is 1.97 bits per heavy atom. The van der Waals surface area contributed by atoms with E-state index in [0.717, 1.165) is 16.6 Å². The molecule has 8 nitrogen and oxygen atoms in total. The first-order chi connectivity index (χ1) is 14.9. The van der Waals surface area contributed by atoms with Crippen molar-refractivity contribution in [2.75, 3.05) is 11.1 Å². The smallest absolute Gasteiger partial charge is 0.258 e. The number of hydrogen-bond donors (Lipinski definition) is 4. The van der Waals surface area contributed by atoms with Crippen LogP contribution in [0.5, 0.6) is 5.75 Å². The number of aryl methyl sites for hydroxylation is 1. The number of nitrogens with two attached hydrogens (primary N) is 1. The Hall–Kier alpha value is -4.20. The molecule has 0 aliphatic heterocycles. The van der Waals surface area contributed by atoms with Crippen molar-refractivity contribution in [2.24, 2.45) is 7.05 Å². The summed E-state index contributed by atoms with van der Waals surface area (Å²) in [4.78, 5) is 21.1. The summed E-state index contributed by atoms with van der Waals surface area (Å²) < 4.78 is 1.60.